The second-order valence-electron chi connectivity index (χ2n) is 7.54. The van der Waals surface area contributed by atoms with Crippen LogP contribution in [0.3, 0.4) is 0 Å². The fourth-order valence-electron chi connectivity index (χ4n) is 3.67. The number of piperidine rings is 1. The molecule has 1 saturated heterocycles. The maximum atomic E-state index is 12.2. The van der Waals surface area contributed by atoms with Gasteiger partial charge in [0.2, 0.25) is 0 Å². The summed E-state index contributed by atoms with van der Waals surface area (Å²) in [5.41, 5.74) is 0.716. The summed E-state index contributed by atoms with van der Waals surface area (Å²) in [4.78, 5) is 12.2. The molecule has 4 heteroatoms. The third-order valence-corrected chi connectivity index (χ3v) is 5.31. The number of ether oxygens (including phenoxy) is 1. The highest BCUT2D eigenvalue weighted by Crippen LogP contribution is 2.23. The highest BCUT2D eigenvalue weighted by Gasteiger charge is 2.12. The van der Waals surface area contributed by atoms with Crippen LogP contribution in [-0.4, -0.2) is 32.1 Å². The van der Waals surface area contributed by atoms with Gasteiger partial charge in [0.05, 0.1) is 6.61 Å². The normalized spacial score (nSPS) is 17.0. The highest BCUT2D eigenvalue weighted by atomic mass is 16.5. The van der Waals surface area contributed by atoms with Gasteiger partial charge in [-0.1, -0.05) is 25.5 Å². The molecular formula is C23H32N2O2. The van der Waals surface area contributed by atoms with Gasteiger partial charge in [0.1, 0.15) is 5.75 Å². The van der Waals surface area contributed by atoms with E-state index in [1.807, 2.05) is 30.3 Å². The zero-order valence-electron chi connectivity index (χ0n) is 16.4. The number of rotatable bonds is 9. The Balaban J connectivity index is 1.51. The van der Waals surface area contributed by atoms with Crippen molar-refractivity contribution in [1.82, 2.24) is 10.6 Å². The van der Waals surface area contributed by atoms with Crippen molar-refractivity contribution in [3.05, 3.63) is 42.0 Å². The van der Waals surface area contributed by atoms with Crippen molar-refractivity contribution in [1.29, 1.82) is 0 Å². The lowest BCUT2D eigenvalue weighted by atomic mass is 9.95. The quantitative estimate of drug-likeness (QED) is 0.640. The van der Waals surface area contributed by atoms with Crippen molar-refractivity contribution < 1.29 is 9.53 Å². The molecule has 4 nitrogen and oxygen atoms in total. The first-order valence-electron chi connectivity index (χ1n) is 10.4. The molecule has 3 rings (SSSR count). The Bertz CT molecular complexity index is 738. The van der Waals surface area contributed by atoms with Gasteiger partial charge >= 0.3 is 0 Å². The molecule has 0 aliphatic carbocycles. The van der Waals surface area contributed by atoms with Crippen LogP contribution in [0.1, 0.15) is 55.8 Å². The van der Waals surface area contributed by atoms with Crippen LogP contribution in [0.4, 0.5) is 0 Å². The molecule has 2 N–H and O–H groups in total. The molecule has 1 fully saturated rings. The SMILES string of the molecule is CCCCNC(=O)c1ccc2cc(OCCCC3CCCNC3)ccc2c1. The predicted octanol–water partition coefficient (Wildman–Crippen LogP) is 4.53. The van der Waals surface area contributed by atoms with E-state index in [1.54, 1.807) is 0 Å². The first-order valence-corrected chi connectivity index (χ1v) is 10.4. The summed E-state index contributed by atoms with van der Waals surface area (Å²) in [6, 6.07) is 12.0. The number of carbonyl (C=O) groups is 1. The van der Waals surface area contributed by atoms with E-state index in [2.05, 4.69) is 23.6 Å². The van der Waals surface area contributed by atoms with Gasteiger partial charge in [-0.25, -0.2) is 0 Å². The summed E-state index contributed by atoms with van der Waals surface area (Å²) in [5, 5.41) is 8.61. The van der Waals surface area contributed by atoms with Crippen LogP contribution in [0.15, 0.2) is 36.4 Å². The molecule has 0 bridgehead atoms. The van der Waals surface area contributed by atoms with Crippen LogP contribution < -0.4 is 15.4 Å². The largest absolute Gasteiger partial charge is 0.494 e. The van der Waals surface area contributed by atoms with Crippen LogP contribution in [0.25, 0.3) is 10.8 Å². The zero-order chi connectivity index (χ0) is 18.9. The number of hydrogen-bond donors (Lipinski definition) is 2. The molecule has 1 amide bonds. The van der Waals surface area contributed by atoms with Crippen molar-refractivity contribution in [3.63, 3.8) is 0 Å². The topological polar surface area (TPSA) is 50.4 Å². The summed E-state index contributed by atoms with van der Waals surface area (Å²) in [6.45, 7) is 5.95. The molecular weight excluding hydrogens is 336 g/mol. The Kier molecular flexibility index (Phi) is 7.52. The summed E-state index contributed by atoms with van der Waals surface area (Å²) in [6.07, 6.45) is 7.07. The van der Waals surface area contributed by atoms with Gasteiger partial charge in [-0.2, -0.15) is 0 Å². The molecule has 0 saturated carbocycles. The minimum atomic E-state index is 0.00267. The molecule has 2 aromatic rings. The monoisotopic (exact) mass is 368 g/mol. The molecule has 0 spiro atoms. The van der Waals surface area contributed by atoms with Gasteiger partial charge in [-0.15, -0.1) is 0 Å². The van der Waals surface area contributed by atoms with Crippen LogP contribution >= 0.6 is 0 Å². The molecule has 1 aliphatic rings. The lowest BCUT2D eigenvalue weighted by Crippen LogP contribution is -2.29. The third-order valence-electron chi connectivity index (χ3n) is 5.31. The van der Waals surface area contributed by atoms with Gasteiger partial charge in [-0.05, 0) is 86.1 Å². The molecule has 1 heterocycles. The smallest absolute Gasteiger partial charge is 0.251 e. The Morgan fingerprint density at radius 1 is 1.19 bits per heavy atom. The van der Waals surface area contributed by atoms with Crippen molar-refractivity contribution in [3.8, 4) is 5.75 Å². The molecule has 1 aliphatic heterocycles. The number of fused-ring (bicyclic) bond motifs is 1. The zero-order valence-corrected chi connectivity index (χ0v) is 16.4. The molecule has 0 radical (unpaired) electrons. The molecule has 1 unspecified atom stereocenters. The van der Waals surface area contributed by atoms with Crippen LogP contribution in [-0.2, 0) is 0 Å². The second kappa shape index (κ2) is 10.3. The van der Waals surface area contributed by atoms with Crippen molar-refractivity contribution >= 4 is 16.7 Å². The van der Waals surface area contributed by atoms with E-state index < -0.39 is 0 Å². The summed E-state index contributed by atoms with van der Waals surface area (Å²) in [7, 11) is 0. The average molecular weight is 369 g/mol. The number of carbonyl (C=O) groups excluding carboxylic acids is 1. The molecule has 27 heavy (non-hydrogen) atoms. The molecule has 0 aromatic heterocycles. The van der Waals surface area contributed by atoms with Gasteiger partial charge in [0, 0.05) is 12.1 Å². The molecule has 1 atom stereocenters. The van der Waals surface area contributed by atoms with E-state index in [0.29, 0.717) is 5.56 Å². The minimum Gasteiger partial charge on any atom is -0.494 e. The van der Waals surface area contributed by atoms with E-state index in [9.17, 15) is 4.79 Å². The Morgan fingerprint density at radius 2 is 2.04 bits per heavy atom. The maximum Gasteiger partial charge on any atom is 0.251 e. The van der Waals surface area contributed by atoms with Crippen molar-refractivity contribution in [2.75, 3.05) is 26.2 Å². The lowest BCUT2D eigenvalue weighted by molar-refractivity contribution is 0.0953. The van der Waals surface area contributed by atoms with E-state index in [4.69, 9.17) is 4.74 Å². The van der Waals surface area contributed by atoms with E-state index >= 15 is 0 Å². The first-order chi connectivity index (χ1) is 13.3. The van der Waals surface area contributed by atoms with Gasteiger partial charge in [-0.3, -0.25) is 4.79 Å². The number of amides is 1. The Hall–Kier alpha value is -2.07. The van der Waals surface area contributed by atoms with E-state index in [-0.39, 0.29) is 5.91 Å². The summed E-state index contributed by atoms with van der Waals surface area (Å²) in [5.74, 6) is 1.72. The number of unbranched alkanes of at least 4 members (excludes halogenated alkanes) is 1. The van der Waals surface area contributed by atoms with E-state index in [0.717, 1.165) is 61.4 Å². The summed E-state index contributed by atoms with van der Waals surface area (Å²) >= 11 is 0. The average Bonchev–Trinajstić information content (AvgIpc) is 2.71. The van der Waals surface area contributed by atoms with Crippen LogP contribution in [0.2, 0.25) is 0 Å². The fourth-order valence-corrected chi connectivity index (χ4v) is 3.67. The maximum absolute atomic E-state index is 12.2. The minimum absolute atomic E-state index is 0.00267. The van der Waals surface area contributed by atoms with Crippen LogP contribution in [0, 0.1) is 5.92 Å². The highest BCUT2D eigenvalue weighted by molar-refractivity contribution is 5.98. The van der Waals surface area contributed by atoms with Crippen molar-refractivity contribution in [2.45, 2.75) is 45.4 Å². The second-order valence-corrected chi connectivity index (χ2v) is 7.54. The van der Waals surface area contributed by atoms with Crippen LogP contribution in [0.5, 0.6) is 5.75 Å². The Labute approximate surface area is 162 Å². The molecule has 146 valence electrons. The number of hydrogen-bond acceptors (Lipinski definition) is 3. The van der Waals surface area contributed by atoms with Gasteiger partial charge < -0.3 is 15.4 Å². The first kappa shape index (κ1) is 19.7. The summed E-state index contributed by atoms with van der Waals surface area (Å²) < 4.78 is 5.95. The third kappa shape index (κ3) is 5.96. The number of benzene rings is 2. The molecule has 2 aromatic carbocycles. The standard InChI is InChI=1S/C23H32N2O2/c1-2-3-13-25-23(26)21-9-8-20-16-22(11-10-19(20)15-21)27-14-5-7-18-6-4-12-24-17-18/h8-11,15-16,18,24H,2-7,12-14,17H2,1H3,(H,25,26). The van der Waals surface area contributed by atoms with Crippen molar-refractivity contribution in [2.24, 2.45) is 5.92 Å². The lowest BCUT2D eigenvalue weighted by Gasteiger charge is -2.22. The van der Waals surface area contributed by atoms with Gasteiger partial charge in [0.25, 0.3) is 5.91 Å². The fraction of sp³-hybridized carbons (Fsp3) is 0.522. The van der Waals surface area contributed by atoms with E-state index in [1.165, 1.54) is 25.8 Å². The predicted molar refractivity (Wildman–Crippen MR) is 112 cm³/mol. The number of nitrogens with one attached hydrogen (secondary N) is 2. The Morgan fingerprint density at radius 3 is 2.85 bits per heavy atom. The van der Waals surface area contributed by atoms with Gasteiger partial charge in [0.15, 0.2) is 0 Å².